The Kier molecular flexibility index (Phi) is 5.19. The van der Waals surface area contributed by atoms with Gasteiger partial charge in [0.1, 0.15) is 0 Å². The first-order chi connectivity index (χ1) is 9.99. The third-order valence-corrected chi connectivity index (χ3v) is 4.15. The number of aryl methyl sites for hydroxylation is 1. The highest BCUT2D eigenvalue weighted by molar-refractivity contribution is 6.40. The van der Waals surface area contributed by atoms with Crippen molar-refractivity contribution in [2.75, 3.05) is 18.0 Å². The monoisotopic (exact) mass is 292 g/mol. The lowest BCUT2D eigenvalue weighted by Gasteiger charge is -2.20. The second-order valence-electron chi connectivity index (χ2n) is 5.68. The highest BCUT2D eigenvalue weighted by atomic mass is 16.4. The van der Waals surface area contributed by atoms with Crippen LogP contribution in [0.25, 0.3) is 0 Å². The minimum Gasteiger partial charge on any atom is -0.481 e. The van der Waals surface area contributed by atoms with Crippen LogP contribution in [0, 0.1) is 18.8 Å². The largest absolute Gasteiger partial charge is 0.481 e. The molecule has 114 valence electrons. The molecule has 2 unspecified atom stereocenters. The van der Waals surface area contributed by atoms with Crippen molar-refractivity contribution in [1.29, 1.82) is 0 Å². The van der Waals surface area contributed by atoms with Gasteiger partial charge in [0.25, 0.3) is 0 Å². The Hall–Kier alpha value is -1.60. The lowest BCUT2D eigenvalue weighted by Crippen LogP contribution is -2.24. The Bertz CT molecular complexity index is 498. The summed E-state index contributed by atoms with van der Waals surface area (Å²) in [6, 6.07) is 1.92. The normalized spacial score (nSPS) is 21.6. The molecule has 2 rings (SSSR count). The van der Waals surface area contributed by atoms with Crippen molar-refractivity contribution >= 4 is 18.8 Å². The van der Waals surface area contributed by atoms with Crippen LogP contribution in [0.2, 0.25) is 6.32 Å². The molecule has 0 saturated carbocycles. The van der Waals surface area contributed by atoms with Crippen LogP contribution in [0.5, 0.6) is 0 Å². The molecule has 0 aromatic carbocycles. The topological polar surface area (TPSA) is 93.9 Å². The standard InChI is InChI=1S/C14H21BN2O4/c1-10-4-6-16-7-13(10)17-8-11(3-2-5-15(20)21)12(9-17)14(18)19/h4,6-7,11-12,20-21H,2-3,5,8-9H2,1H3,(H,18,19). The number of aromatic nitrogens is 1. The van der Waals surface area contributed by atoms with Crippen molar-refractivity contribution in [3.63, 3.8) is 0 Å². The summed E-state index contributed by atoms with van der Waals surface area (Å²) in [5.74, 6) is -1.17. The number of hydrogen-bond donors (Lipinski definition) is 3. The molecule has 7 heteroatoms. The molecule has 6 nitrogen and oxygen atoms in total. The molecule has 2 atom stereocenters. The minimum absolute atomic E-state index is 0.0286. The van der Waals surface area contributed by atoms with Gasteiger partial charge in [0.05, 0.1) is 17.8 Å². The zero-order valence-electron chi connectivity index (χ0n) is 12.1. The molecule has 0 bridgehead atoms. The third kappa shape index (κ3) is 3.95. The van der Waals surface area contributed by atoms with Gasteiger partial charge in [-0.15, -0.1) is 0 Å². The van der Waals surface area contributed by atoms with Gasteiger partial charge in [0, 0.05) is 19.3 Å². The molecule has 0 spiro atoms. The van der Waals surface area contributed by atoms with E-state index < -0.39 is 19.0 Å². The molecule has 0 radical (unpaired) electrons. The van der Waals surface area contributed by atoms with Crippen LogP contribution in [0.4, 0.5) is 5.69 Å². The first kappa shape index (κ1) is 15.8. The van der Waals surface area contributed by atoms with E-state index in [1.165, 1.54) is 0 Å². The molecule has 2 heterocycles. The molecule has 1 aliphatic heterocycles. The van der Waals surface area contributed by atoms with E-state index >= 15 is 0 Å². The van der Waals surface area contributed by atoms with Crippen molar-refractivity contribution in [3.05, 3.63) is 24.0 Å². The summed E-state index contributed by atoms with van der Waals surface area (Å²) in [5.41, 5.74) is 2.06. The van der Waals surface area contributed by atoms with Crippen LogP contribution >= 0.6 is 0 Å². The van der Waals surface area contributed by atoms with E-state index in [1.54, 1.807) is 12.4 Å². The van der Waals surface area contributed by atoms with Gasteiger partial charge in [-0.25, -0.2) is 0 Å². The van der Waals surface area contributed by atoms with Crippen molar-refractivity contribution in [2.45, 2.75) is 26.1 Å². The Morgan fingerprint density at radius 1 is 1.48 bits per heavy atom. The predicted octanol–water partition coefficient (Wildman–Crippen LogP) is 0.780. The fourth-order valence-corrected chi connectivity index (χ4v) is 2.99. The van der Waals surface area contributed by atoms with Crippen LogP contribution < -0.4 is 4.90 Å². The molecule has 1 fully saturated rings. The smallest absolute Gasteiger partial charge is 0.451 e. The Balaban J connectivity index is 2.04. The van der Waals surface area contributed by atoms with Crippen LogP contribution in [0.1, 0.15) is 18.4 Å². The Morgan fingerprint density at radius 3 is 2.86 bits per heavy atom. The average Bonchev–Trinajstić information content (AvgIpc) is 2.83. The van der Waals surface area contributed by atoms with Gasteiger partial charge >= 0.3 is 13.1 Å². The van der Waals surface area contributed by atoms with E-state index in [4.69, 9.17) is 10.0 Å². The number of anilines is 1. The lowest BCUT2D eigenvalue weighted by molar-refractivity contribution is -0.142. The Morgan fingerprint density at radius 2 is 2.24 bits per heavy atom. The number of nitrogens with zero attached hydrogens (tertiary/aromatic N) is 2. The molecular formula is C14H21BN2O4. The molecule has 0 amide bonds. The molecule has 1 saturated heterocycles. The van der Waals surface area contributed by atoms with Crippen molar-refractivity contribution < 1.29 is 19.9 Å². The number of carbonyl (C=O) groups is 1. The van der Waals surface area contributed by atoms with Gasteiger partial charge in [-0.2, -0.15) is 0 Å². The lowest BCUT2D eigenvalue weighted by atomic mass is 9.80. The summed E-state index contributed by atoms with van der Waals surface area (Å²) >= 11 is 0. The van der Waals surface area contributed by atoms with Crippen molar-refractivity contribution in [1.82, 2.24) is 4.98 Å². The van der Waals surface area contributed by atoms with Crippen LogP contribution in [0.3, 0.4) is 0 Å². The van der Waals surface area contributed by atoms with E-state index in [1.807, 2.05) is 13.0 Å². The quantitative estimate of drug-likeness (QED) is 0.671. The maximum atomic E-state index is 11.4. The van der Waals surface area contributed by atoms with Gasteiger partial charge in [-0.05, 0) is 37.2 Å². The number of aliphatic carboxylic acids is 1. The zero-order valence-corrected chi connectivity index (χ0v) is 12.1. The second-order valence-corrected chi connectivity index (χ2v) is 5.68. The number of hydrogen-bond acceptors (Lipinski definition) is 5. The minimum atomic E-state index is -1.31. The number of carboxylic acids is 1. The Labute approximate surface area is 124 Å². The summed E-state index contributed by atoms with van der Waals surface area (Å²) in [6.45, 7) is 3.14. The van der Waals surface area contributed by atoms with Crippen molar-refractivity contribution in [3.8, 4) is 0 Å². The zero-order chi connectivity index (χ0) is 15.4. The second kappa shape index (κ2) is 6.91. The van der Waals surface area contributed by atoms with Gasteiger partial charge in [0.15, 0.2) is 0 Å². The molecule has 1 aromatic heterocycles. The van der Waals surface area contributed by atoms with E-state index in [-0.39, 0.29) is 12.2 Å². The average molecular weight is 292 g/mol. The SMILES string of the molecule is Cc1ccncc1N1CC(CCCB(O)O)C(C(=O)O)C1. The molecule has 3 N–H and O–H groups in total. The number of pyridine rings is 1. The van der Waals surface area contributed by atoms with Gasteiger partial charge in [-0.3, -0.25) is 9.78 Å². The summed E-state index contributed by atoms with van der Waals surface area (Å²) < 4.78 is 0. The summed E-state index contributed by atoms with van der Waals surface area (Å²) in [4.78, 5) is 17.6. The summed E-state index contributed by atoms with van der Waals surface area (Å²) in [5, 5.41) is 27.2. The molecule has 21 heavy (non-hydrogen) atoms. The van der Waals surface area contributed by atoms with E-state index in [2.05, 4.69) is 9.88 Å². The van der Waals surface area contributed by atoms with Gasteiger partial charge in [-0.1, -0.05) is 6.42 Å². The highest BCUT2D eigenvalue weighted by Crippen LogP contribution is 2.32. The van der Waals surface area contributed by atoms with Crippen LogP contribution in [0.15, 0.2) is 18.5 Å². The number of rotatable bonds is 6. The van der Waals surface area contributed by atoms with Gasteiger partial charge in [0.2, 0.25) is 0 Å². The molecular weight excluding hydrogens is 271 g/mol. The fraction of sp³-hybridized carbons (Fsp3) is 0.571. The van der Waals surface area contributed by atoms with E-state index in [9.17, 15) is 9.90 Å². The summed E-state index contributed by atoms with van der Waals surface area (Å²) in [6.07, 6.45) is 5.09. The highest BCUT2D eigenvalue weighted by Gasteiger charge is 2.37. The maximum Gasteiger partial charge on any atom is 0.451 e. The first-order valence-corrected chi connectivity index (χ1v) is 7.23. The number of carboxylic acid groups (broad SMARTS) is 1. The molecule has 0 aliphatic carbocycles. The van der Waals surface area contributed by atoms with Crippen LogP contribution in [-0.2, 0) is 4.79 Å². The maximum absolute atomic E-state index is 11.4. The molecule has 1 aromatic rings. The van der Waals surface area contributed by atoms with Crippen LogP contribution in [-0.4, -0.2) is 46.3 Å². The summed E-state index contributed by atoms with van der Waals surface area (Å²) in [7, 11) is -1.31. The van der Waals surface area contributed by atoms with E-state index in [0.717, 1.165) is 11.3 Å². The predicted molar refractivity (Wildman–Crippen MR) is 80.0 cm³/mol. The fourth-order valence-electron chi connectivity index (χ4n) is 2.99. The van der Waals surface area contributed by atoms with Gasteiger partial charge < -0.3 is 20.1 Å². The molecule has 1 aliphatic rings. The third-order valence-electron chi connectivity index (χ3n) is 4.15. The first-order valence-electron chi connectivity index (χ1n) is 7.23. The van der Waals surface area contributed by atoms with E-state index in [0.29, 0.717) is 25.9 Å². The van der Waals surface area contributed by atoms with Crippen molar-refractivity contribution in [2.24, 2.45) is 11.8 Å².